The molecule has 18 heavy (non-hydrogen) atoms. The zero-order valence-electron chi connectivity index (χ0n) is 10.3. The molecule has 0 radical (unpaired) electrons. The van der Waals surface area contributed by atoms with Crippen molar-refractivity contribution >= 4 is 22.9 Å². The van der Waals surface area contributed by atoms with Crippen LogP contribution in [0.15, 0.2) is 47.4 Å². The van der Waals surface area contributed by atoms with Gasteiger partial charge in [0.15, 0.2) is 0 Å². The number of nitrogens with zero attached hydrogens (tertiary/aromatic N) is 1. The Kier molecular flexibility index (Phi) is 3.67. The molecule has 2 aromatic rings. The highest BCUT2D eigenvalue weighted by Crippen LogP contribution is 2.26. The first-order valence-electron chi connectivity index (χ1n) is 5.80. The fourth-order valence-corrected chi connectivity index (χ4v) is 1.69. The average Bonchev–Trinajstić information content (AvgIpc) is 2.79. The van der Waals surface area contributed by atoms with E-state index in [1.165, 1.54) is 4.90 Å². The highest BCUT2D eigenvalue weighted by Gasteiger charge is 2.19. The Balaban J connectivity index is 2.34. The van der Waals surface area contributed by atoms with Crippen LogP contribution in [0.1, 0.15) is 6.92 Å². The fraction of sp³-hybridized carbons (Fsp3) is 0.214. The lowest BCUT2D eigenvalue weighted by Crippen LogP contribution is -2.31. The molecule has 0 aliphatic carbocycles. The molecule has 0 aliphatic heterocycles. The molecular formula is C14H15NO3. The summed E-state index contributed by atoms with van der Waals surface area (Å²) in [5.74, 6) is 0.467. The Morgan fingerprint density at radius 3 is 2.94 bits per heavy atom. The lowest BCUT2D eigenvalue weighted by atomic mass is 10.2. The lowest BCUT2D eigenvalue weighted by Gasteiger charge is -2.16. The first-order chi connectivity index (χ1) is 8.76. The van der Waals surface area contributed by atoms with E-state index < -0.39 is 6.09 Å². The van der Waals surface area contributed by atoms with Crippen molar-refractivity contribution in [1.82, 2.24) is 0 Å². The van der Waals surface area contributed by atoms with Gasteiger partial charge in [-0.15, -0.1) is 6.58 Å². The third kappa shape index (κ3) is 2.37. The number of ether oxygens (including phenoxy) is 1. The molecule has 94 valence electrons. The van der Waals surface area contributed by atoms with Gasteiger partial charge in [0.2, 0.25) is 5.88 Å². The van der Waals surface area contributed by atoms with E-state index >= 15 is 0 Å². The van der Waals surface area contributed by atoms with E-state index in [9.17, 15) is 4.79 Å². The molecule has 0 saturated carbocycles. The van der Waals surface area contributed by atoms with Crippen LogP contribution in [0.4, 0.5) is 10.7 Å². The van der Waals surface area contributed by atoms with Gasteiger partial charge >= 0.3 is 6.09 Å². The molecule has 0 spiro atoms. The van der Waals surface area contributed by atoms with Gasteiger partial charge in [0.05, 0.1) is 6.61 Å². The number of hydrogen-bond acceptors (Lipinski definition) is 3. The number of rotatable bonds is 4. The minimum Gasteiger partial charge on any atom is -0.449 e. The number of amides is 1. The molecule has 0 fully saturated rings. The maximum absolute atomic E-state index is 11.8. The Morgan fingerprint density at radius 1 is 1.50 bits per heavy atom. The SMILES string of the molecule is C=CCN(C(=O)OCC)c1cc2ccccc2o1. The predicted octanol–water partition coefficient (Wildman–Crippen LogP) is 3.58. The van der Waals surface area contributed by atoms with Gasteiger partial charge in [0, 0.05) is 18.0 Å². The number of furan rings is 1. The number of anilines is 1. The van der Waals surface area contributed by atoms with Crippen LogP contribution in [0, 0.1) is 0 Å². The number of carbonyl (C=O) groups is 1. The lowest BCUT2D eigenvalue weighted by molar-refractivity contribution is 0.159. The highest BCUT2D eigenvalue weighted by atomic mass is 16.6. The van der Waals surface area contributed by atoms with Crippen LogP contribution in [0.25, 0.3) is 11.0 Å². The Bertz CT molecular complexity index is 526. The van der Waals surface area contributed by atoms with E-state index in [0.717, 1.165) is 11.0 Å². The average molecular weight is 245 g/mol. The van der Waals surface area contributed by atoms with Crippen molar-refractivity contribution < 1.29 is 13.9 Å². The molecule has 0 atom stereocenters. The minimum absolute atomic E-state index is 0.326. The maximum atomic E-state index is 11.8. The van der Waals surface area contributed by atoms with E-state index in [2.05, 4.69) is 6.58 Å². The second-order valence-corrected chi connectivity index (χ2v) is 3.72. The van der Waals surface area contributed by atoms with Crippen LogP contribution >= 0.6 is 0 Å². The third-order valence-corrected chi connectivity index (χ3v) is 2.48. The molecule has 0 saturated heterocycles. The monoisotopic (exact) mass is 245 g/mol. The maximum Gasteiger partial charge on any atom is 0.416 e. The minimum atomic E-state index is -0.434. The number of para-hydroxylation sites is 1. The van der Waals surface area contributed by atoms with Gasteiger partial charge in [-0.1, -0.05) is 24.3 Å². The topological polar surface area (TPSA) is 42.7 Å². The van der Waals surface area contributed by atoms with E-state index in [1.54, 1.807) is 13.0 Å². The summed E-state index contributed by atoms with van der Waals surface area (Å²) in [4.78, 5) is 13.2. The molecule has 0 bridgehead atoms. The summed E-state index contributed by atoms with van der Waals surface area (Å²) in [6.07, 6.45) is 1.20. The van der Waals surface area contributed by atoms with Crippen LogP contribution in [0.2, 0.25) is 0 Å². The van der Waals surface area contributed by atoms with Crippen LogP contribution < -0.4 is 4.90 Å². The van der Waals surface area contributed by atoms with Gasteiger partial charge in [-0.05, 0) is 13.0 Å². The van der Waals surface area contributed by atoms with Crippen molar-refractivity contribution in [2.24, 2.45) is 0 Å². The number of benzene rings is 1. The molecule has 1 aromatic carbocycles. The van der Waals surface area contributed by atoms with Gasteiger partial charge in [-0.25, -0.2) is 9.69 Å². The Morgan fingerprint density at radius 2 is 2.28 bits per heavy atom. The van der Waals surface area contributed by atoms with E-state index in [-0.39, 0.29) is 0 Å². The first kappa shape index (κ1) is 12.2. The smallest absolute Gasteiger partial charge is 0.416 e. The summed E-state index contributed by atoms with van der Waals surface area (Å²) in [6, 6.07) is 9.41. The summed E-state index contributed by atoms with van der Waals surface area (Å²) in [6.45, 7) is 6.07. The normalized spacial score (nSPS) is 10.3. The zero-order chi connectivity index (χ0) is 13.0. The van der Waals surface area contributed by atoms with E-state index in [0.29, 0.717) is 19.0 Å². The van der Waals surface area contributed by atoms with Gasteiger partial charge < -0.3 is 9.15 Å². The summed E-state index contributed by atoms with van der Waals surface area (Å²) in [5, 5.41) is 0.950. The quantitative estimate of drug-likeness (QED) is 0.773. The van der Waals surface area contributed by atoms with Gasteiger partial charge in [0.1, 0.15) is 5.58 Å². The Hall–Kier alpha value is -2.23. The largest absolute Gasteiger partial charge is 0.449 e. The molecule has 1 aromatic heterocycles. The van der Waals surface area contributed by atoms with E-state index in [4.69, 9.17) is 9.15 Å². The Labute approximate surface area is 105 Å². The van der Waals surface area contributed by atoms with Crippen molar-refractivity contribution in [2.45, 2.75) is 6.92 Å². The van der Waals surface area contributed by atoms with Crippen LogP contribution in [-0.2, 0) is 4.74 Å². The van der Waals surface area contributed by atoms with Crippen molar-refractivity contribution in [3.63, 3.8) is 0 Å². The molecule has 1 heterocycles. The van der Waals surface area contributed by atoms with Crippen LogP contribution in [-0.4, -0.2) is 19.2 Å². The molecule has 4 nitrogen and oxygen atoms in total. The fourth-order valence-electron chi connectivity index (χ4n) is 1.69. The van der Waals surface area contributed by atoms with E-state index in [1.807, 2.05) is 30.3 Å². The molecule has 0 unspecified atom stereocenters. The second kappa shape index (κ2) is 5.40. The standard InChI is InChI=1S/C14H15NO3/c1-3-9-15(14(16)17-4-2)13-10-11-7-5-6-8-12(11)18-13/h3,5-8,10H,1,4,9H2,2H3. The zero-order valence-corrected chi connectivity index (χ0v) is 10.3. The van der Waals surface area contributed by atoms with Crippen LogP contribution in [0.5, 0.6) is 0 Å². The second-order valence-electron chi connectivity index (χ2n) is 3.72. The molecule has 1 amide bonds. The highest BCUT2D eigenvalue weighted by molar-refractivity contribution is 5.90. The summed E-state index contributed by atoms with van der Waals surface area (Å²) >= 11 is 0. The molecular weight excluding hydrogens is 230 g/mol. The van der Waals surface area contributed by atoms with Crippen molar-refractivity contribution in [3.05, 3.63) is 43.0 Å². The first-order valence-corrected chi connectivity index (χ1v) is 5.80. The van der Waals surface area contributed by atoms with Crippen LogP contribution in [0.3, 0.4) is 0 Å². The van der Waals surface area contributed by atoms with Gasteiger partial charge in [-0.3, -0.25) is 0 Å². The summed E-state index contributed by atoms with van der Waals surface area (Å²) < 4.78 is 10.6. The van der Waals surface area contributed by atoms with Crippen molar-refractivity contribution in [2.75, 3.05) is 18.1 Å². The van der Waals surface area contributed by atoms with Gasteiger partial charge in [0.25, 0.3) is 0 Å². The van der Waals surface area contributed by atoms with Crippen molar-refractivity contribution in [3.8, 4) is 0 Å². The molecule has 2 rings (SSSR count). The number of fused-ring (bicyclic) bond motifs is 1. The summed E-state index contributed by atoms with van der Waals surface area (Å²) in [7, 11) is 0. The number of hydrogen-bond donors (Lipinski definition) is 0. The van der Waals surface area contributed by atoms with Gasteiger partial charge in [-0.2, -0.15) is 0 Å². The third-order valence-electron chi connectivity index (χ3n) is 2.48. The molecule has 0 N–H and O–H groups in total. The molecule has 4 heteroatoms. The predicted molar refractivity (Wildman–Crippen MR) is 70.8 cm³/mol. The summed E-state index contributed by atoms with van der Waals surface area (Å²) in [5.41, 5.74) is 0.742. The molecule has 0 aliphatic rings. The number of carbonyl (C=O) groups excluding carboxylic acids is 1. The van der Waals surface area contributed by atoms with Crippen molar-refractivity contribution in [1.29, 1.82) is 0 Å².